The van der Waals surface area contributed by atoms with Gasteiger partial charge in [0, 0.05) is 23.3 Å². The van der Waals surface area contributed by atoms with E-state index in [9.17, 15) is 8.78 Å². The molecule has 0 amide bonds. The average molecular weight is 314 g/mol. The lowest BCUT2D eigenvalue weighted by atomic mass is 10.2. The Kier molecular flexibility index (Phi) is 5.22. The maximum atomic E-state index is 12.4. The van der Waals surface area contributed by atoms with E-state index < -0.39 is 6.61 Å². The number of methoxy groups -OCH3 is 1. The second-order valence-electron chi connectivity index (χ2n) is 4.19. The topological polar surface area (TPSA) is 30.5 Å². The van der Waals surface area contributed by atoms with E-state index in [2.05, 4.69) is 10.1 Å². The van der Waals surface area contributed by atoms with Crippen LogP contribution in [-0.2, 0) is 6.54 Å². The highest BCUT2D eigenvalue weighted by Crippen LogP contribution is 2.31. The van der Waals surface area contributed by atoms with Gasteiger partial charge in [0.1, 0.15) is 0 Å². The fraction of sp³-hybridized carbons (Fsp3) is 0.200. The quantitative estimate of drug-likeness (QED) is 0.848. The second-order valence-corrected chi connectivity index (χ2v) is 4.60. The summed E-state index contributed by atoms with van der Waals surface area (Å²) >= 11 is 6.05. The molecule has 2 rings (SSSR count). The van der Waals surface area contributed by atoms with Crippen LogP contribution in [0.4, 0.5) is 14.5 Å². The van der Waals surface area contributed by atoms with Gasteiger partial charge in [-0.3, -0.25) is 0 Å². The van der Waals surface area contributed by atoms with Crippen LogP contribution in [0, 0.1) is 0 Å². The molecule has 0 atom stereocenters. The first-order chi connectivity index (χ1) is 10.1. The molecule has 2 aromatic carbocycles. The highest BCUT2D eigenvalue weighted by Gasteiger charge is 2.11. The molecule has 0 aliphatic rings. The van der Waals surface area contributed by atoms with Crippen LogP contribution < -0.4 is 14.8 Å². The molecule has 0 bridgehead atoms. The number of rotatable bonds is 6. The first kappa shape index (κ1) is 15.4. The van der Waals surface area contributed by atoms with Gasteiger partial charge in [0.15, 0.2) is 11.5 Å². The summed E-state index contributed by atoms with van der Waals surface area (Å²) in [6.45, 7) is -2.43. The molecule has 0 saturated heterocycles. The fourth-order valence-electron chi connectivity index (χ4n) is 1.81. The Bertz CT molecular complexity index is 608. The molecule has 0 aliphatic carbocycles. The lowest BCUT2D eigenvalue weighted by Crippen LogP contribution is -2.05. The van der Waals surface area contributed by atoms with Crippen molar-refractivity contribution in [1.29, 1.82) is 0 Å². The van der Waals surface area contributed by atoms with Crippen LogP contribution >= 0.6 is 11.6 Å². The number of hydrogen-bond donors (Lipinski definition) is 1. The minimum absolute atomic E-state index is 0.0170. The predicted molar refractivity (Wildman–Crippen MR) is 78.4 cm³/mol. The third-order valence-corrected chi connectivity index (χ3v) is 3.19. The van der Waals surface area contributed by atoms with Crippen LogP contribution in [0.5, 0.6) is 11.5 Å². The number of hydrogen-bond acceptors (Lipinski definition) is 3. The van der Waals surface area contributed by atoms with E-state index in [1.807, 2.05) is 18.2 Å². The summed E-state index contributed by atoms with van der Waals surface area (Å²) in [5, 5.41) is 3.74. The van der Waals surface area contributed by atoms with E-state index >= 15 is 0 Å². The van der Waals surface area contributed by atoms with E-state index in [0.29, 0.717) is 17.3 Å². The Morgan fingerprint density at radius 3 is 2.57 bits per heavy atom. The number of anilines is 1. The SMILES string of the molecule is COc1ccc(NCc2ccccc2Cl)cc1OC(F)F. The lowest BCUT2D eigenvalue weighted by Gasteiger charge is -2.13. The molecule has 0 spiro atoms. The van der Waals surface area contributed by atoms with Crippen molar-refractivity contribution < 1.29 is 18.3 Å². The Morgan fingerprint density at radius 2 is 1.90 bits per heavy atom. The molecule has 2 aromatic rings. The maximum absolute atomic E-state index is 12.4. The normalized spacial score (nSPS) is 10.5. The molecule has 21 heavy (non-hydrogen) atoms. The molecule has 1 N–H and O–H groups in total. The summed E-state index contributed by atoms with van der Waals surface area (Å²) in [6, 6.07) is 12.1. The molecular formula is C15H14ClF2NO2. The molecule has 0 heterocycles. The van der Waals surface area contributed by atoms with E-state index in [0.717, 1.165) is 5.56 Å². The highest BCUT2D eigenvalue weighted by molar-refractivity contribution is 6.31. The van der Waals surface area contributed by atoms with Gasteiger partial charge in [-0.15, -0.1) is 0 Å². The minimum Gasteiger partial charge on any atom is -0.493 e. The van der Waals surface area contributed by atoms with Crippen molar-refractivity contribution in [3.8, 4) is 11.5 Å². The molecule has 0 saturated carbocycles. The van der Waals surface area contributed by atoms with Gasteiger partial charge in [-0.2, -0.15) is 8.78 Å². The van der Waals surface area contributed by atoms with Crippen LogP contribution in [0.3, 0.4) is 0 Å². The van der Waals surface area contributed by atoms with Crippen molar-refractivity contribution >= 4 is 17.3 Å². The third kappa shape index (κ3) is 4.23. The van der Waals surface area contributed by atoms with E-state index in [1.165, 1.54) is 13.2 Å². The standard InChI is InChI=1S/C15H14ClF2NO2/c1-20-13-7-6-11(8-14(13)21-15(17)18)19-9-10-4-2-3-5-12(10)16/h2-8,15,19H,9H2,1H3. The summed E-state index contributed by atoms with van der Waals surface area (Å²) in [5.41, 5.74) is 1.54. The van der Waals surface area contributed by atoms with E-state index in [-0.39, 0.29) is 11.5 Å². The van der Waals surface area contributed by atoms with Gasteiger partial charge in [0.2, 0.25) is 0 Å². The molecule has 0 fully saturated rings. The van der Waals surface area contributed by atoms with Crippen LogP contribution in [0.25, 0.3) is 0 Å². The van der Waals surface area contributed by atoms with E-state index in [4.69, 9.17) is 16.3 Å². The maximum Gasteiger partial charge on any atom is 0.387 e. The van der Waals surface area contributed by atoms with Crippen LogP contribution in [0.2, 0.25) is 5.02 Å². The molecule has 0 unspecified atom stereocenters. The molecule has 0 radical (unpaired) electrons. The lowest BCUT2D eigenvalue weighted by molar-refractivity contribution is -0.0511. The Balaban J connectivity index is 2.12. The summed E-state index contributed by atoms with van der Waals surface area (Å²) in [4.78, 5) is 0. The fourth-order valence-corrected chi connectivity index (χ4v) is 2.02. The van der Waals surface area contributed by atoms with Crippen LogP contribution in [0.1, 0.15) is 5.56 Å². The largest absolute Gasteiger partial charge is 0.493 e. The Hall–Kier alpha value is -2.01. The minimum atomic E-state index is -2.90. The van der Waals surface area contributed by atoms with Crippen molar-refractivity contribution in [2.75, 3.05) is 12.4 Å². The second kappa shape index (κ2) is 7.13. The Morgan fingerprint density at radius 1 is 1.14 bits per heavy atom. The van der Waals surface area contributed by atoms with E-state index in [1.54, 1.807) is 18.2 Å². The zero-order chi connectivity index (χ0) is 15.2. The zero-order valence-corrected chi connectivity index (χ0v) is 12.0. The summed E-state index contributed by atoms with van der Waals surface area (Å²) < 4.78 is 34.1. The number of ether oxygens (including phenoxy) is 2. The first-order valence-corrected chi connectivity index (χ1v) is 6.58. The molecule has 6 heteroatoms. The van der Waals surface area contributed by atoms with Gasteiger partial charge in [-0.05, 0) is 23.8 Å². The molecular weight excluding hydrogens is 300 g/mol. The first-order valence-electron chi connectivity index (χ1n) is 6.20. The van der Waals surface area contributed by atoms with Crippen molar-refractivity contribution in [2.45, 2.75) is 13.2 Å². The number of benzene rings is 2. The summed E-state index contributed by atoms with van der Waals surface area (Å²) in [7, 11) is 1.39. The van der Waals surface area contributed by atoms with Crippen molar-refractivity contribution in [2.24, 2.45) is 0 Å². The van der Waals surface area contributed by atoms with Gasteiger partial charge < -0.3 is 14.8 Å². The van der Waals surface area contributed by atoms with Gasteiger partial charge in [-0.25, -0.2) is 0 Å². The number of nitrogens with one attached hydrogen (secondary N) is 1. The van der Waals surface area contributed by atoms with Gasteiger partial charge in [0.25, 0.3) is 0 Å². The average Bonchev–Trinajstić information content (AvgIpc) is 2.46. The summed E-state index contributed by atoms with van der Waals surface area (Å²) in [6.07, 6.45) is 0. The summed E-state index contributed by atoms with van der Waals surface area (Å²) in [5.74, 6) is 0.232. The number of alkyl halides is 2. The molecule has 3 nitrogen and oxygen atoms in total. The monoisotopic (exact) mass is 313 g/mol. The third-order valence-electron chi connectivity index (χ3n) is 2.82. The predicted octanol–water partition coefficient (Wildman–Crippen LogP) is 4.56. The molecule has 0 aliphatic heterocycles. The van der Waals surface area contributed by atoms with Crippen molar-refractivity contribution in [1.82, 2.24) is 0 Å². The van der Waals surface area contributed by atoms with Gasteiger partial charge in [0.05, 0.1) is 7.11 Å². The molecule has 112 valence electrons. The zero-order valence-electron chi connectivity index (χ0n) is 11.3. The highest BCUT2D eigenvalue weighted by atomic mass is 35.5. The van der Waals surface area contributed by atoms with Crippen molar-refractivity contribution in [3.63, 3.8) is 0 Å². The van der Waals surface area contributed by atoms with Gasteiger partial charge in [-0.1, -0.05) is 29.8 Å². The van der Waals surface area contributed by atoms with Gasteiger partial charge >= 0.3 is 6.61 Å². The smallest absolute Gasteiger partial charge is 0.387 e. The van der Waals surface area contributed by atoms with Crippen LogP contribution in [0.15, 0.2) is 42.5 Å². The Labute approximate surface area is 126 Å². The van der Waals surface area contributed by atoms with Crippen molar-refractivity contribution in [3.05, 3.63) is 53.1 Å². The molecule has 0 aromatic heterocycles. The number of halogens is 3. The van der Waals surface area contributed by atoms with Crippen LogP contribution in [-0.4, -0.2) is 13.7 Å².